The number of hydrogen-bond acceptors (Lipinski definition) is 25. The lowest BCUT2D eigenvalue weighted by atomic mass is 9.96. The van der Waals surface area contributed by atoms with Gasteiger partial charge in [-0.3, -0.25) is 9.59 Å². The summed E-state index contributed by atoms with van der Waals surface area (Å²) in [6.07, 6.45) is -18.6. The Hall–Kier alpha value is -4.10. The highest BCUT2D eigenvalue weighted by molar-refractivity contribution is 5.76. The van der Waals surface area contributed by atoms with E-state index in [1.54, 1.807) is 6.92 Å². The molecule has 450 valence electrons. The van der Waals surface area contributed by atoms with Crippen LogP contribution in [0.5, 0.6) is 0 Å². The molecule has 0 saturated carbocycles. The second-order valence-corrected chi connectivity index (χ2v) is 18.2. The number of ether oxygens (including phenoxy) is 16. The van der Waals surface area contributed by atoms with Gasteiger partial charge in [0.25, 0.3) is 0 Å². The molecule has 78 heavy (non-hydrogen) atoms. The SMILES string of the molecule is CCCCOC1[C@@H](OC(CO)OC(C(=O)OC)[C@H](O[C@@H]2OC(COC(C)=O)[C@H](OC(CO)OC(C(=O)OC)[C@H](O)[C@H](C)OCCCC)C(OCCCC)[C@@H]2N=[N+]=[N-])[C@H](C)OCCCC)C(COC(C)=O)O[C@@H](OC)[C@H]1N=[N+]=[N-]. The molecule has 0 spiro atoms. The van der Waals surface area contributed by atoms with Gasteiger partial charge in [-0.25, -0.2) is 9.59 Å². The van der Waals surface area contributed by atoms with Gasteiger partial charge in [-0.15, -0.1) is 0 Å². The molecule has 2 saturated heterocycles. The highest BCUT2D eigenvalue weighted by atomic mass is 16.8. The molecule has 2 fully saturated rings. The lowest BCUT2D eigenvalue weighted by Gasteiger charge is -2.47. The standard InChI is InChI=1S/C49H86N6O23/c1-12-16-20-66-28(5)38(60)44(46(61)63-9)76-34(24-56)74-41-33(27-71-31(8)59)73-49(37(53-55-51)43(41)69-23-19-15-4)78-39(29(6)67-21-17-13-2)45(47(62)64-10)77-35(25-57)75-40-32(26-70-30(7)58)72-48(65-11)36(52-54-50)42(40)68-22-18-14-3/h28-29,32-45,48-49,56-57,60H,12-27H2,1-11H3/t28-,29-,32?,33?,34?,35?,36-,37-,38+,39+,40-,41-,42?,43?,44?,45?,48+,49-/m0/s1. The Morgan fingerprint density at radius 1 is 0.590 bits per heavy atom. The van der Waals surface area contributed by atoms with Crippen molar-refractivity contribution in [2.24, 2.45) is 10.2 Å². The number of esters is 4. The molecule has 0 aromatic heterocycles. The first kappa shape index (κ1) is 70.0. The number of nitrogens with zero attached hydrogens (tertiary/aromatic N) is 6. The fraction of sp³-hybridized carbons (Fsp3) is 0.918. The summed E-state index contributed by atoms with van der Waals surface area (Å²) in [5.41, 5.74) is 19.8. The van der Waals surface area contributed by atoms with Crippen LogP contribution in [0.25, 0.3) is 20.9 Å². The number of azide groups is 2. The third-order valence-corrected chi connectivity index (χ3v) is 12.3. The predicted octanol–water partition coefficient (Wildman–Crippen LogP) is 3.62. The quantitative estimate of drug-likeness (QED) is 0.0150. The molecule has 2 aliphatic rings. The van der Waals surface area contributed by atoms with E-state index in [1.807, 2.05) is 27.7 Å². The molecule has 29 nitrogen and oxygen atoms in total. The first-order valence-electron chi connectivity index (χ1n) is 26.5. The Labute approximate surface area is 455 Å². The Morgan fingerprint density at radius 3 is 1.41 bits per heavy atom. The largest absolute Gasteiger partial charge is 0.467 e. The van der Waals surface area contributed by atoms with Crippen molar-refractivity contribution in [3.8, 4) is 0 Å². The number of rotatable bonds is 41. The van der Waals surface area contributed by atoms with Gasteiger partial charge < -0.3 is 91.1 Å². The lowest BCUT2D eigenvalue weighted by molar-refractivity contribution is -0.339. The Bertz CT molecular complexity index is 1820. The average molecular weight is 1130 g/mol. The molecule has 2 aliphatic heterocycles. The van der Waals surface area contributed by atoms with E-state index in [0.717, 1.165) is 27.6 Å². The van der Waals surface area contributed by atoms with Crippen molar-refractivity contribution in [1.29, 1.82) is 0 Å². The van der Waals surface area contributed by atoms with Crippen LogP contribution >= 0.6 is 0 Å². The third kappa shape index (κ3) is 22.8. The van der Waals surface area contributed by atoms with Crippen molar-refractivity contribution in [3.63, 3.8) is 0 Å². The van der Waals surface area contributed by atoms with Crippen molar-refractivity contribution in [2.45, 2.75) is 217 Å². The summed E-state index contributed by atoms with van der Waals surface area (Å²) in [4.78, 5) is 57.8. The summed E-state index contributed by atoms with van der Waals surface area (Å²) in [7, 11) is 3.43. The first-order valence-corrected chi connectivity index (χ1v) is 26.5. The highest BCUT2D eigenvalue weighted by Crippen LogP contribution is 2.35. The second kappa shape index (κ2) is 39.3. The summed E-state index contributed by atoms with van der Waals surface area (Å²) in [5.74, 6) is -3.57. The third-order valence-electron chi connectivity index (χ3n) is 12.3. The van der Waals surface area contributed by atoms with Crippen LogP contribution in [0, 0.1) is 0 Å². The molecule has 0 aromatic carbocycles. The maximum Gasteiger partial charge on any atom is 0.337 e. The maximum atomic E-state index is 14.2. The predicted molar refractivity (Wildman–Crippen MR) is 270 cm³/mol. The molecule has 0 amide bonds. The molecule has 0 radical (unpaired) electrons. The number of carbonyl (C=O) groups is 4. The molecule has 0 aromatic rings. The number of hydrogen-bond donors (Lipinski definition) is 3. The Morgan fingerprint density at radius 2 is 1.00 bits per heavy atom. The minimum Gasteiger partial charge on any atom is -0.467 e. The van der Waals surface area contributed by atoms with Gasteiger partial charge in [0, 0.05) is 57.2 Å². The van der Waals surface area contributed by atoms with Gasteiger partial charge in [-0.1, -0.05) is 63.6 Å². The number of methoxy groups -OCH3 is 3. The van der Waals surface area contributed by atoms with Crippen molar-refractivity contribution >= 4 is 23.9 Å². The Kier molecular flexibility index (Phi) is 35.3. The second-order valence-electron chi connectivity index (χ2n) is 18.2. The van der Waals surface area contributed by atoms with E-state index in [0.29, 0.717) is 44.9 Å². The zero-order chi connectivity index (χ0) is 58.2. The van der Waals surface area contributed by atoms with Gasteiger partial charge in [0.15, 0.2) is 37.4 Å². The summed E-state index contributed by atoms with van der Waals surface area (Å²) in [6.45, 7) is 10.6. The molecule has 18 atom stereocenters. The summed E-state index contributed by atoms with van der Waals surface area (Å²) in [5, 5.41) is 40.9. The molecule has 0 bridgehead atoms. The van der Waals surface area contributed by atoms with Gasteiger partial charge in [0.2, 0.25) is 0 Å². The van der Waals surface area contributed by atoms with E-state index in [2.05, 4.69) is 20.1 Å². The van der Waals surface area contributed by atoms with Crippen LogP contribution in [0.15, 0.2) is 10.2 Å². The van der Waals surface area contributed by atoms with Gasteiger partial charge in [0.05, 0.1) is 51.8 Å². The summed E-state index contributed by atoms with van der Waals surface area (Å²) >= 11 is 0. The van der Waals surface area contributed by atoms with E-state index in [1.165, 1.54) is 21.0 Å². The van der Waals surface area contributed by atoms with Crippen LogP contribution in [0.4, 0.5) is 0 Å². The minimum atomic E-state index is -1.91. The molecular formula is C49H86N6O23. The summed E-state index contributed by atoms with van der Waals surface area (Å²) < 4.78 is 95.1. The van der Waals surface area contributed by atoms with E-state index < -0.39 is 161 Å². The Balaban J connectivity index is 2.84. The molecular weight excluding hydrogens is 1040 g/mol. The van der Waals surface area contributed by atoms with Gasteiger partial charge in [-0.2, -0.15) is 0 Å². The fourth-order valence-electron chi connectivity index (χ4n) is 8.10. The van der Waals surface area contributed by atoms with E-state index in [4.69, 9.17) is 75.8 Å². The molecule has 29 heteroatoms. The van der Waals surface area contributed by atoms with Gasteiger partial charge in [-0.05, 0) is 50.6 Å². The average Bonchev–Trinajstić information content (AvgIpc) is 3.47. The van der Waals surface area contributed by atoms with Crippen LogP contribution in [0.2, 0.25) is 0 Å². The highest BCUT2D eigenvalue weighted by Gasteiger charge is 2.53. The summed E-state index contributed by atoms with van der Waals surface area (Å²) in [6, 6.07) is -2.77. The van der Waals surface area contributed by atoms with Crippen LogP contribution < -0.4 is 0 Å². The lowest BCUT2D eigenvalue weighted by Crippen LogP contribution is -2.63. The van der Waals surface area contributed by atoms with Crippen molar-refractivity contribution in [2.75, 3.05) is 74.2 Å². The number of aliphatic hydroxyl groups is 3. The topological polar surface area (TPSA) is 374 Å². The van der Waals surface area contributed by atoms with Gasteiger partial charge >= 0.3 is 23.9 Å². The normalized spacial score (nSPS) is 26.3. The smallest absolute Gasteiger partial charge is 0.337 e. The van der Waals surface area contributed by atoms with Crippen molar-refractivity contribution < 1.29 is 110 Å². The zero-order valence-corrected chi connectivity index (χ0v) is 46.9. The maximum absolute atomic E-state index is 14.2. The molecule has 2 heterocycles. The van der Waals surface area contributed by atoms with Gasteiger partial charge in [0.1, 0.15) is 61.9 Å². The minimum absolute atomic E-state index is 0.00770. The van der Waals surface area contributed by atoms with Crippen molar-refractivity contribution in [1.82, 2.24) is 0 Å². The monoisotopic (exact) mass is 1130 g/mol. The van der Waals surface area contributed by atoms with Crippen molar-refractivity contribution in [3.05, 3.63) is 20.9 Å². The van der Waals surface area contributed by atoms with Crippen LogP contribution in [-0.4, -0.2) is 224 Å². The molecule has 3 N–H and O–H groups in total. The first-order chi connectivity index (χ1) is 37.5. The van der Waals surface area contributed by atoms with Crippen LogP contribution in [0.1, 0.15) is 107 Å². The fourth-order valence-corrected chi connectivity index (χ4v) is 8.10. The number of unbranched alkanes of at least 4 members (excludes halogenated alkanes) is 4. The van der Waals surface area contributed by atoms with E-state index in [-0.39, 0.29) is 26.4 Å². The van der Waals surface area contributed by atoms with Crippen LogP contribution in [0.3, 0.4) is 0 Å². The molecule has 2 rings (SSSR count). The molecule has 8 unspecified atom stereocenters. The number of aliphatic hydroxyl groups excluding tert-OH is 3. The zero-order valence-electron chi connectivity index (χ0n) is 46.9. The number of carbonyl (C=O) groups excluding carboxylic acids is 4. The molecule has 0 aliphatic carbocycles. The van der Waals surface area contributed by atoms with Crippen LogP contribution in [-0.2, 0) is 95.0 Å². The van der Waals surface area contributed by atoms with E-state index >= 15 is 0 Å². The van der Waals surface area contributed by atoms with E-state index in [9.17, 15) is 45.6 Å².